The minimum absolute atomic E-state index is 0.193. The molecule has 0 aliphatic carbocycles. The Labute approximate surface area is 200 Å². The summed E-state index contributed by atoms with van der Waals surface area (Å²) in [4.78, 5) is 35.5. The summed E-state index contributed by atoms with van der Waals surface area (Å²) in [6.07, 6.45) is 0.226. The Hall–Kier alpha value is -3.63. The van der Waals surface area contributed by atoms with Crippen LogP contribution in [0.5, 0.6) is 0 Å². The second kappa shape index (κ2) is 10.3. The largest absolute Gasteiger partial charge is 0.490 e. The summed E-state index contributed by atoms with van der Waals surface area (Å²) in [5.74, 6) is -1.62. The molecule has 4 rings (SSSR count). The van der Waals surface area contributed by atoms with Crippen molar-refractivity contribution in [1.82, 2.24) is 19.9 Å². The molecular formula is C24H27F3N4O4. The smallest absolute Gasteiger partial charge is 0.475 e. The van der Waals surface area contributed by atoms with Crippen molar-refractivity contribution in [3.8, 4) is 11.1 Å². The number of carbonyl (C=O) groups is 2. The van der Waals surface area contributed by atoms with E-state index in [-0.39, 0.29) is 12.0 Å². The van der Waals surface area contributed by atoms with Gasteiger partial charge in [0.15, 0.2) is 0 Å². The van der Waals surface area contributed by atoms with Crippen molar-refractivity contribution in [2.24, 2.45) is 0 Å². The zero-order valence-electron chi connectivity index (χ0n) is 19.6. The van der Waals surface area contributed by atoms with Gasteiger partial charge in [-0.2, -0.15) is 13.2 Å². The van der Waals surface area contributed by atoms with E-state index in [0.717, 1.165) is 47.4 Å². The Kier molecular flexibility index (Phi) is 7.67. The van der Waals surface area contributed by atoms with Crippen LogP contribution in [0.4, 0.5) is 18.0 Å². The first-order chi connectivity index (χ1) is 16.3. The Balaban J connectivity index is 0.000000429. The zero-order valence-corrected chi connectivity index (χ0v) is 19.6. The molecule has 188 valence electrons. The highest BCUT2D eigenvalue weighted by Crippen LogP contribution is 2.29. The van der Waals surface area contributed by atoms with Crippen LogP contribution in [0.25, 0.3) is 22.2 Å². The Morgan fingerprint density at radius 2 is 1.77 bits per heavy atom. The molecule has 1 aliphatic rings. The fourth-order valence-corrected chi connectivity index (χ4v) is 3.64. The van der Waals surface area contributed by atoms with E-state index in [2.05, 4.69) is 22.1 Å². The number of ether oxygens (including phenoxy) is 1. The molecule has 1 unspecified atom stereocenters. The predicted octanol–water partition coefficient (Wildman–Crippen LogP) is 5.37. The average molecular weight is 492 g/mol. The summed E-state index contributed by atoms with van der Waals surface area (Å²) < 4.78 is 37.3. The number of hydrogen-bond acceptors (Lipinski definition) is 5. The third-order valence-electron chi connectivity index (χ3n) is 5.22. The molecule has 1 aromatic carbocycles. The minimum Gasteiger partial charge on any atom is -0.475 e. The van der Waals surface area contributed by atoms with E-state index in [1.807, 2.05) is 39.0 Å². The molecule has 0 saturated carbocycles. The van der Waals surface area contributed by atoms with Gasteiger partial charge in [-0.1, -0.05) is 6.07 Å². The van der Waals surface area contributed by atoms with Crippen LogP contribution in [0.1, 0.15) is 45.4 Å². The van der Waals surface area contributed by atoms with E-state index in [4.69, 9.17) is 19.6 Å². The van der Waals surface area contributed by atoms with Crippen molar-refractivity contribution in [3.05, 3.63) is 48.5 Å². The highest BCUT2D eigenvalue weighted by atomic mass is 19.4. The first kappa shape index (κ1) is 26.0. The number of benzene rings is 1. The number of halogens is 3. The van der Waals surface area contributed by atoms with Gasteiger partial charge in [-0.3, -0.25) is 4.98 Å². The maximum atomic E-state index is 12.4. The standard InChI is InChI=1S/C22H26N4O2.C2HF3O2/c1-22(2,3)28-21(27)26-12-4-5-17(14-26)20-24-18-7-6-16(13-19(18)25-20)15-8-10-23-11-9-15;3-2(4,5)1(6)7/h6-11,13,17H,4-5,12,14H2,1-3H3,(H,24,25);(H,6,7). The van der Waals surface area contributed by atoms with Crippen molar-refractivity contribution in [1.29, 1.82) is 0 Å². The van der Waals surface area contributed by atoms with Gasteiger partial charge in [0.2, 0.25) is 0 Å². The number of pyridine rings is 1. The molecular weight excluding hydrogens is 465 g/mol. The number of aliphatic carboxylic acids is 1. The number of aromatic nitrogens is 3. The third-order valence-corrected chi connectivity index (χ3v) is 5.22. The summed E-state index contributed by atoms with van der Waals surface area (Å²) in [5.41, 5.74) is 3.74. The number of fused-ring (bicyclic) bond motifs is 1. The summed E-state index contributed by atoms with van der Waals surface area (Å²) in [5, 5.41) is 7.12. The fourth-order valence-electron chi connectivity index (χ4n) is 3.64. The van der Waals surface area contributed by atoms with Crippen LogP contribution in [0, 0.1) is 0 Å². The van der Waals surface area contributed by atoms with Gasteiger partial charge in [-0.05, 0) is 69.0 Å². The molecule has 35 heavy (non-hydrogen) atoms. The van der Waals surface area contributed by atoms with E-state index in [1.165, 1.54) is 0 Å². The molecule has 1 atom stereocenters. The molecule has 3 heterocycles. The summed E-state index contributed by atoms with van der Waals surface area (Å²) in [6.45, 7) is 7.05. The molecule has 0 bridgehead atoms. The molecule has 1 fully saturated rings. The summed E-state index contributed by atoms with van der Waals surface area (Å²) in [7, 11) is 0. The van der Waals surface area contributed by atoms with Gasteiger partial charge in [-0.25, -0.2) is 14.6 Å². The lowest BCUT2D eigenvalue weighted by molar-refractivity contribution is -0.192. The van der Waals surface area contributed by atoms with Crippen LogP contribution in [-0.4, -0.2) is 61.9 Å². The number of carboxylic acid groups (broad SMARTS) is 1. The molecule has 8 nitrogen and oxygen atoms in total. The number of nitrogens with zero attached hydrogens (tertiary/aromatic N) is 3. The number of carbonyl (C=O) groups excluding carboxylic acids is 1. The lowest BCUT2D eigenvalue weighted by Crippen LogP contribution is -2.42. The van der Waals surface area contributed by atoms with Crippen LogP contribution in [0.15, 0.2) is 42.7 Å². The average Bonchev–Trinajstić information content (AvgIpc) is 3.22. The number of piperidine rings is 1. The highest BCUT2D eigenvalue weighted by Gasteiger charge is 2.38. The lowest BCUT2D eigenvalue weighted by atomic mass is 9.98. The zero-order chi connectivity index (χ0) is 25.8. The number of H-pyrrole nitrogens is 1. The second-order valence-corrected chi connectivity index (χ2v) is 9.16. The van der Waals surface area contributed by atoms with Crippen LogP contribution < -0.4 is 0 Å². The van der Waals surface area contributed by atoms with Crippen LogP contribution >= 0.6 is 0 Å². The molecule has 1 aliphatic heterocycles. The predicted molar refractivity (Wildman–Crippen MR) is 123 cm³/mol. The van der Waals surface area contributed by atoms with Crippen LogP contribution in [0.3, 0.4) is 0 Å². The first-order valence-corrected chi connectivity index (χ1v) is 11.0. The Bertz CT molecular complexity index is 1170. The van der Waals surface area contributed by atoms with E-state index in [9.17, 15) is 18.0 Å². The van der Waals surface area contributed by atoms with Gasteiger partial charge in [-0.15, -0.1) is 0 Å². The molecule has 0 radical (unpaired) electrons. The Morgan fingerprint density at radius 3 is 2.37 bits per heavy atom. The number of rotatable bonds is 2. The topological polar surface area (TPSA) is 108 Å². The number of aromatic amines is 1. The molecule has 2 aromatic heterocycles. The van der Waals surface area contributed by atoms with Gasteiger partial charge < -0.3 is 19.7 Å². The van der Waals surface area contributed by atoms with Gasteiger partial charge in [0.25, 0.3) is 0 Å². The van der Waals surface area contributed by atoms with Crippen molar-refractivity contribution in [2.45, 2.75) is 51.3 Å². The van der Waals surface area contributed by atoms with Gasteiger partial charge in [0.1, 0.15) is 11.4 Å². The summed E-state index contributed by atoms with van der Waals surface area (Å²) in [6, 6.07) is 10.2. The maximum Gasteiger partial charge on any atom is 0.490 e. The van der Waals surface area contributed by atoms with Crippen molar-refractivity contribution >= 4 is 23.1 Å². The van der Waals surface area contributed by atoms with Gasteiger partial charge >= 0.3 is 18.2 Å². The lowest BCUT2D eigenvalue weighted by Gasteiger charge is -2.33. The number of amides is 1. The van der Waals surface area contributed by atoms with Crippen LogP contribution in [-0.2, 0) is 9.53 Å². The number of likely N-dealkylation sites (tertiary alicyclic amines) is 1. The number of imidazole rings is 1. The molecule has 0 spiro atoms. The van der Waals surface area contributed by atoms with E-state index >= 15 is 0 Å². The number of nitrogens with one attached hydrogen (secondary N) is 1. The van der Waals surface area contributed by atoms with E-state index in [1.54, 1.807) is 17.3 Å². The van der Waals surface area contributed by atoms with Crippen molar-refractivity contribution in [2.75, 3.05) is 13.1 Å². The molecule has 2 N–H and O–H groups in total. The first-order valence-electron chi connectivity index (χ1n) is 11.0. The molecule has 11 heteroatoms. The number of hydrogen-bond donors (Lipinski definition) is 2. The van der Waals surface area contributed by atoms with Gasteiger partial charge in [0, 0.05) is 31.4 Å². The van der Waals surface area contributed by atoms with Gasteiger partial charge in [0.05, 0.1) is 11.0 Å². The maximum absolute atomic E-state index is 12.4. The SMILES string of the molecule is CC(C)(C)OC(=O)N1CCCC(c2nc3ccc(-c4ccncc4)cc3[nH]2)C1.O=C(O)C(F)(F)F. The van der Waals surface area contributed by atoms with Crippen LogP contribution in [0.2, 0.25) is 0 Å². The molecule has 3 aromatic rings. The van der Waals surface area contributed by atoms with Crippen molar-refractivity contribution < 1.29 is 32.6 Å². The van der Waals surface area contributed by atoms with E-state index < -0.39 is 17.7 Å². The van der Waals surface area contributed by atoms with Crippen molar-refractivity contribution in [3.63, 3.8) is 0 Å². The normalized spacial score (nSPS) is 16.4. The monoisotopic (exact) mass is 492 g/mol. The third kappa shape index (κ3) is 7.17. The molecule has 1 amide bonds. The molecule has 1 saturated heterocycles. The number of carboxylic acids is 1. The Morgan fingerprint density at radius 1 is 1.11 bits per heavy atom. The number of alkyl halides is 3. The minimum atomic E-state index is -5.08. The van der Waals surface area contributed by atoms with E-state index in [0.29, 0.717) is 6.54 Å². The fraction of sp³-hybridized carbons (Fsp3) is 0.417. The highest BCUT2D eigenvalue weighted by molar-refractivity contribution is 5.82. The quantitative estimate of drug-likeness (QED) is 0.498. The second-order valence-electron chi connectivity index (χ2n) is 9.16. The summed E-state index contributed by atoms with van der Waals surface area (Å²) >= 11 is 0.